The number of rotatable bonds is 5. The van der Waals surface area contributed by atoms with Crippen LogP contribution in [0.3, 0.4) is 0 Å². The highest BCUT2D eigenvalue weighted by atomic mass is 16.5. The van der Waals surface area contributed by atoms with Crippen molar-refractivity contribution in [2.24, 2.45) is 5.92 Å². The summed E-state index contributed by atoms with van der Waals surface area (Å²) in [6, 6.07) is 7.21. The standard InChI is InChI=1S/C18H28N2O/c1-14-6-7-15(2)18(11-14)21-10-4-9-20-8-3-5-16-12-19-13-17(16)20/h6-7,11,16-17,19H,3-5,8-10,12-13H2,1-2H3. The molecule has 2 heterocycles. The molecule has 0 amide bonds. The first-order valence-corrected chi connectivity index (χ1v) is 8.39. The second-order valence-corrected chi connectivity index (χ2v) is 6.63. The van der Waals surface area contributed by atoms with Crippen LogP contribution in [0.4, 0.5) is 0 Å². The van der Waals surface area contributed by atoms with E-state index in [1.807, 2.05) is 0 Å². The Morgan fingerprint density at radius 3 is 3.10 bits per heavy atom. The normalized spacial score (nSPS) is 25.8. The van der Waals surface area contributed by atoms with Gasteiger partial charge in [0.2, 0.25) is 0 Å². The third-order valence-electron chi connectivity index (χ3n) is 4.98. The Morgan fingerprint density at radius 1 is 1.29 bits per heavy atom. The number of hydrogen-bond donors (Lipinski definition) is 1. The number of piperidine rings is 1. The van der Waals surface area contributed by atoms with Crippen molar-refractivity contribution in [3.05, 3.63) is 29.3 Å². The second kappa shape index (κ2) is 6.80. The van der Waals surface area contributed by atoms with E-state index >= 15 is 0 Å². The molecule has 116 valence electrons. The zero-order chi connectivity index (χ0) is 14.7. The van der Waals surface area contributed by atoms with Crippen LogP contribution in [0.15, 0.2) is 18.2 Å². The van der Waals surface area contributed by atoms with Crippen molar-refractivity contribution >= 4 is 0 Å². The number of nitrogens with one attached hydrogen (secondary N) is 1. The summed E-state index contributed by atoms with van der Waals surface area (Å²) in [7, 11) is 0. The van der Waals surface area contributed by atoms with Gasteiger partial charge in [0.05, 0.1) is 6.61 Å². The van der Waals surface area contributed by atoms with Crippen LogP contribution in [-0.2, 0) is 0 Å². The van der Waals surface area contributed by atoms with Gasteiger partial charge in [-0.15, -0.1) is 0 Å². The summed E-state index contributed by atoms with van der Waals surface area (Å²) >= 11 is 0. The first-order chi connectivity index (χ1) is 10.2. The summed E-state index contributed by atoms with van der Waals surface area (Å²) < 4.78 is 5.98. The van der Waals surface area contributed by atoms with Crippen LogP contribution in [0.2, 0.25) is 0 Å². The fourth-order valence-corrected chi connectivity index (χ4v) is 3.75. The quantitative estimate of drug-likeness (QED) is 0.843. The number of ether oxygens (including phenoxy) is 1. The van der Waals surface area contributed by atoms with Gasteiger partial charge in [-0.1, -0.05) is 12.1 Å². The molecule has 2 aliphatic heterocycles. The fraction of sp³-hybridized carbons (Fsp3) is 0.667. The van der Waals surface area contributed by atoms with Gasteiger partial charge in [0, 0.05) is 19.1 Å². The van der Waals surface area contributed by atoms with E-state index in [1.54, 1.807) is 0 Å². The second-order valence-electron chi connectivity index (χ2n) is 6.63. The Hall–Kier alpha value is -1.06. The van der Waals surface area contributed by atoms with Crippen molar-refractivity contribution in [3.8, 4) is 5.75 Å². The molecule has 0 aliphatic carbocycles. The number of likely N-dealkylation sites (tertiary alicyclic amines) is 1. The van der Waals surface area contributed by atoms with E-state index in [1.165, 1.54) is 50.1 Å². The van der Waals surface area contributed by atoms with Crippen LogP contribution in [0.1, 0.15) is 30.4 Å². The zero-order valence-corrected chi connectivity index (χ0v) is 13.4. The zero-order valence-electron chi connectivity index (χ0n) is 13.4. The largest absolute Gasteiger partial charge is 0.493 e. The summed E-state index contributed by atoms with van der Waals surface area (Å²) in [5.74, 6) is 1.94. The predicted molar refractivity (Wildman–Crippen MR) is 87.0 cm³/mol. The third-order valence-corrected chi connectivity index (χ3v) is 4.98. The van der Waals surface area contributed by atoms with Crippen LogP contribution < -0.4 is 10.1 Å². The maximum absolute atomic E-state index is 5.98. The van der Waals surface area contributed by atoms with E-state index in [-0.39, 0.29) is 0 Å². The van der Waals surface area contributed by atoms with Crippen molar-refractivity contribution in [1.82, 2.24) is 10.2 Å². The number of fused-ring (bicyclic) bond motifs is 1. The highest BCUT2D eigenvalue weighted by Gasteiger charge is 2.34. The molecule has 2 atom stereocenters. The molecule has 2 saturated heterocycles. The van der Waals surface area contributed by atoms with Gasteiger partial charge in [-0.25, -0.2) is 0 Å². The Labute approximate surface area is 128 Å². The Morgan fingerprint density at radius 2 is 2.19 bits per heavy atom. The van der Waals surface area contributed by atoms with Crippen LogP contribution in [0, 0.1) is 19.8 Å². The van der Waals surface area contributed by atoms with Crippen LogP contribution in [0.5, 0.6) is 5.75 Å². The average molecular weight is 288 g/mol. The van der Waals surface area contributed by atoms with Crippen molar-refractivity contribution in [2.75, 3.05) is 32.8 Å². The minimum atomic E-state index is 0.777. The molecule has 2 fully saturated rings. The highest BCUT2D eigenvalue weighted by Crippen LogP contribution is 2.26. The Kier molecular flexibility index (Phi) is 4.81. The highest BCUT2D eigenvalue weighted by molar-refractivity contribution is 5.35. The van der Waals surface area contributed by atoms with Crippen LogP contribution in [-0.4, -0.2) is 43.7 Å². The fourth-order valence-electron chi connectivity index (χ4n) is 3.75. The van der Waals surface area contributed by atoms with E-state index < -0.39 is 0 Å². The van der Waals surface area contributed by atoms with Gasteiger partial charge in [0.15, 0.2) is 0 Å². The molecule has 3 rings (SSSR count). The molecule has 1 aromatic rings. The molecule has 3 heteroatoms. The van der Waals surface area contributed by atoms with E-state index in [0.717, 1.165) is 30.7 Å². The average Bonchev–Trinajstić information content (AvgIpc) is 2.96. The minimum absolute atomic E-state index is 0.777. The maximum Gasteiger partial charge on any atom is 0.122 e. The predicted octanol–water partition coefficient (Wildman–Crippen LogP) is 2.76. The molecule has 1 aromatic carbocycles. The molecule has 2 unspecified atom stereocenters. The summed E-state index contributed by atoms with van der Waals surface area (Å²) in [6.07, 6.45) is 3.89. The molecule has 3 nitrogen and oxygen atoms in total. The number of hydrogen-bond acceptors (Lipinski definition) is 3. The molecule has 1 N–H and O–H groups in total. The van der Waals surface area contributed by atoms with Crippen molar-refractivity contribution < 1.29 is 4.74 Å². The SMILES string of the molecule is Cc1ccc(C)c(OCCCN2CCCC3CNCC32)c1. The lowest BCUT2D eigenvalue weighted by Gasteiger charge is -2.37. The number of aryl methyl sites for hydroxylation is 2. The van der Waals surface area contributed by atoms with Gasteiger partial charge in [0.1, 0.15) is 5.75 Å². The third kappa shape index (κ3) is 3.58. The molecule has 2 aliphatic rings. The lowest BCUT2D eigenvalue weighted by atomic mass is 9.92. The van der Waals surface area contributed by atoms with Crippen LogP contribution >= 0.6 is 0 Å². The topological polar surface area (TPSA) is 24.5 Å². The smallest absolute Gasteiger partial charge is 0.122 e. The van der Waals surface area contributed by atoms with Crippen molar-refractivity contribution in [3.63, 3.8) is 0 Å². The summed E-state index contributed by atoms with van der Waals surface area (Å²) in [6.45, 7) is 9.91. The van der Waals surface area contributed by atoms with Gasteiger partial charge in [-0.3, -0.25) is 4.90 Å². The Balaban J connectivity index is 1.44. The molecule has 0 aromatic heterocycles. The van der Waals surface area contributed by atoms with Gasteiger partial charge in [0.25, 0.3) is 0 Å². The van der Waals surface area contributed by atoms with Gasteiger partial charge >= 0.3 is 0 Å². The van der Waals surface area contributed by atoms with E-state index in [2.05, 4.69) is 42.3 Å². The lowest BCUT2D eigenvalue weighted by molar-refractivity contribution is 0.117. The Bertz CT molecular complexity index is 474. The van der Waals surface area contributed by atoms with Crippen molar-refractivity contribution in [1.29, 1.82) is 0 Å². The van der Waals surface area contributed by atoms with E-state index in [9.17, 15) is 0 Å². The monoisotopic (exact) mass is 288 g/mol. The van der Waals surface area contributed by atoms with Crippen LogP contribution in [0.25, 0.3) is 0 Å². The van der Waals surface area contributed by atoms with E-state index in [4.69, 9.17) is 4.74 Å². The summed E-state index contributed by atoms with van der Waals surface area (Å²) in [5.41, 5.74) is 2.50. The number of nitrogens with zero attached hydrogens (tertiary/aromatic N) is 1. The number of benzene rings is 1. The van der Waals surface area contributed by atoms with Gasteiger partial charge in [-0.05, 0) is 69.3 Å². The summed E-state index contributed by atoms with van der Waals surface area (Å²) in [4.78, 5) is 2.68. The molecule has 0 saturated carbocycles. The summed E-state index contributed by atoms with van der Waals surface area (Å²) in [5, 5.41) is 3.55. The van der Waals surface area contributed by atoms with E-state index in [0.29, 0.717) is 0 Å². The molecule has 0 spiro atoms. The first kappa shape index (κ1) is 14.9. The minimum Gasteiger partial charge on any atom is -0.493 e. The maximum atomic E-state index is 5.98. The molecule has 21 heavy (non-hydrogen) atoms. The molecule has 0 bridgehead atoms. The molecular weight excluding hydrogens is 260 g/mol. The molecule has 0 radical (unpaired) electrons. The van der Waals surface area contributed by atoms with Gasteiger partial charge in [-0.2, -0.15) is 0 Å². The first-order valence-electron chi connectivity index (χ1n) is 8.39. The van der Waals surface area contributed by atoms with Gasteiger partial charge < -0.3 is 10.1 Å². The molecular formula is C18H28N2O. The van der Waals surface area contributed by atoms with Crippen molar-refractivity contribution in [2.45, 2.75) is 39.2 Å². The lowest BCUT2D eigenvalue weighted by Crippen LogP contribution is -2.45.